The zero-order valence-electron chi connectivity index (χ0n) is 17.2. The molecule has 3 aromatic carbocycles. The molecule has 4 rings (SSSR count). The topological polar surface area (TPSA) is 58.8 Å². The van der Waals surface area contributed by atoms with E-state index in [4.69, 9.17) is 10.5 Å². The minimum atomic E-state index is -0.369. The molecule has 1 heterocycles. The Morgan fingerprint density at radius 2 is 1.43 bits per heavy atom. The van der Waals surface area contributed by atoms with Gasteiger partial charge in [0.15, 0.2) is 0 Å². The van der Waals surface area contributed by atoms with Crippen molar-refractivity contribution >= 4 is 17.3 Å². The maximum absolute atomic E-state index is 11.7. The third-order valence-corrected chi connectivity index (χ3v) is 5.70. The van der Waals surface area contributed by atoms with Crippen LogP contribution in [0.15, 0.2) is 78.9 Å². The molecule has 2 N–H and O–H groups in total. The Morgan fingerprint density at radius 3 is 1.93 bits per heavy atom. The van der Waals surface area contributed by atoms with Crippen LogP contribution in [-0.2, 0) is 4.74 Å². The van der Waals surface area contributed by atoms with Crippen LogP contribution in [0, 0.1) is 0 Å². The van der Waals surface area contributed by atoms with Gasteiger partial charge in [-0.15, -0.1) is 0 Å². The SMILES string of the molecule is COC(=O)c1ccc(N2CCN(C(c3ccccc3)c3ccccc3)CC2)c(N)c1. The Hall–Kier alpha value is -3.31. The van der Waals surface area contributed by atoms with Crippen LogP contribution in [0.1, 0.15) is 27.5 Å². The summed E-state index contributed by atoms with van der Waals surface area (Å²) in [5, 5.41) is 0. The molecule has 0 aliphatic carbocycles. The van der Waals surface area contributed by atoms with E-state index < -0.39 is 0 Å². The van der Waals surface area contributed by atoms with Crippen LogP contribution < -0.4 is 10.6 Å². The highest BCUT2D eigenvalue weighted by atomic mass is 16.5. The number of carbonyl (C=O) groups is 1. The molecule has 0 aromatic heterocycles. The summed E-state index contributed by atoms with van der Waals surface area (Å²) in [5.41, 5.74) is 10.9. The van der Waals surface area contributed by atoms with Gasteiger partial charge in [0, 0.05) is 26.2 Å². The van der Waals surface area contributed by atoms with E-state index in [1.165, 1.54) is 18.2 Å². The lowest BCUT2D eigenvalue weighted by Gasteiger charge is -2.41. The van der Waals surface area contributed by atoms with Gasteiger partial charge in [0.2, 0.25) is 0 Å². The van der Waals surface area contributed by atoms with Crippen molar-refractivity contribution in [1.82, 2.24) is 4.90 Å². The van der Waals surface area contributed by atoms with Crippen molar-refractivity contribution in [2.45, 2.75) is 6.04 Å². The molecule has 0 atom stereocenters. The van der Waals surface area contributed by atoms with Crippen LogP contribution in [-0.4, -0.2) is 44.2 Å². The average Bonchev–Trinajstić information content (AvgIpc) is 2.81. The number of carbonyl (C=O) groups excluding carboxylic acids is 1. The molecule has 1 saturated heterocycles. The van der Waals surface area contributed by atoms with Gasteiger partial charge in [-0.25, -0.2) is 4.79 Å². The average molecular weight is 402 g/mol. The van der Waals surface area contributed by atoms with Crippen LogP contribution in [0.4, 0.5) is 11.4 Å². The van der Waals surface area contributed by atoms with Crippen molar-refractivity contribution in [2.75, 3.05) is 43.9 Å². The molecule has 30 heavy (non-hydrogen) atoms. The van der Waals surface area contributed by atoms with Crippen molar-refractivity contribution in [3.63, 3.8) is 0 Å². The monoisotopic (exact) mass is 401 g/mol. The number of piperazine rings is 1. The summed E-state index contributed by atoms with van der Waals surface area (Å²) < 4.78 is 4.79. The van der Waals surface area contributed by atoms with Gasteiger partial charge in [0.1, 0.15) is 0 Å². The number of nitrogen functional groups attached to an aromatic ring is 1. The summed E-state index contributed by atoms with van der Waals surface area (Å²) in [6.45, 7) is 3.59. The Kier molecular flexibility index (Phi) is 6.00. The number of methoxy groups -OCH3 is 1. The van der Waals surface area contributed by atoms with E-state index in [0.29, 0.717) is 11.3 Å². The molecule has 5 heteroatoms. The van der Waals surface area contributed by atoms with Gasteiger partial charge in [0.05, 0.1) is 30.1 Å². The fourth-order valence-electron chi connectivity index (χ4n) is 4.19. The number of nitrogens with zero attached hydrogens (tertiary/aromatic N) is 2. The number of nitrogens with two attached hydrogens (primary N) is 1. The number of ether oxygens (including phenoxy) is 1. The first-order valence-corrected chi connectivity index (χ1v) is 10.2. The predicted octanol–water partition coefficient (Wildman–Crippen LogP) is 3.97. The maximum atomic E-state index is 11.7. The highest BCUT2D eigenvalue weighted by molar-refractivity contribution is 5.92. The summed E-state index contributed by atoms with van der Waals surface area (Å²) in [6, 6.07) is 27.0. The van der Waals surface area contributed by atoms with Crippen LogP contribution in [0.5, 0.6) is 0 Å². The Bertz CT molecular complexity index is 944. The molecule has 0 bridgehead atoms. The van der Waals surface area contributed by atoms with E-state index in [1.54, 1.807) is 12.1 Å². The minimum Gasteiger partial charge on any atom is -0.465 e. The van der Waals surface area contributed by atoms with Crippen molar-refractivity contribution in [3.8, 4) is 0 Å². The van der Waals surface area contributed by atoms with E-state index in [0.717, 1.165) is 31.9 Å². The van der Waals surface area contributed by atoms with Crippen molar-refractivity contribution in [1.29, 1.82) is 0 Å². The zero-order valence-corrected chi connectivity index (χ0v) is 17.2. The van der Waals surface area contributed by atoms with Gasteiger partial charge in [-0.3, -0.25) is 4.90 Å². The van der Waals surface area contributed by atoms with Crippen molar-refractivity contribution < 1.29 is 9.53 Å². The molecule has 0 saturated carbocycles. The Labute approximate surface area is 177 Å². The normalized spacial score (nSPS) is 14.7. The minimum absolute atomic E-state index is 0.230. The van der Waals surface area contributed by atoms with Gasteiger partial charge in [-0.2, -0.15) is 0 Å². The number of anilines is 2. The number of rotatable bonds is 5. The molecular weight excluding hydrogens is 374 g/mol. The lowest BCUT2D eigenvalue weighted by atomic mass is 9.96. The molecular formula is C25H27N3O2. The second-order valence-electron chi connectivity index (χ2n) is 7.51. The zero-order chi connectivity index (χ0) is 20.9. The third kappa shape index (κ3) is 4.16. The molecule has 1 aliphatic rings. The Balaban J connectivity index is 1.52. The van der Waals surface area contributed by atoms with Gasteiger partial charge in [-0.05, 0) is 29.3 Å². The van der Waals surface area contributed by atoms with Crippen LogP contribution >= 0.6 is 0 Å². The van der Waals surface area contributed by atoms with Crippen LogP contribution in [0.25, 0.3) is 0 Å². The predicted molar refractivity (Wildman–Crippen MR) is 121 cm³/mol. The standard InChI is InChI=1S/C25H27N3O2/c1-30-25(29)21-12-13-23(22(26)18-21)27-14-16-28(17-15-27)24(19-8-4-2-5-9-19)20-10-6-3-7-11-20/h2-13,18,24H,14-17,26H2,1H3. The van der Waals surface area contributed by atoms with Crippen LogP contribution in [0.3, 0.4) is 0 Å². The quantitative estimate of drug-likeness (QED) is 0.518. The highest BCUT2D eigenvalue weighted by Gasteiger charge is 2.27. The molecule has 1 aliphatic heterocycles. The molecule has 5 nitrogen and oxygen atoms in total. The molecule has 3 aromatic rings. The molecule has 0 radical (unpaired) electrons. The molecule has 154 valence electrons. The first-order chi connectivity index (χ1) is 14.7. The molecule has 0 spiro atoms. The number of hydrogen-bond acceptors (Lipinski definition) is 5. The smallest absolute Gasteiger partial charge is 0.337 e. The second-order valence-corrected chi connectivity index (χ2v) is 7.51. The largest absolute Gasteiger partial charge is 0.465 e. The van der Waals surface area contributed by atoms with Crippen molar-refractivity contribution in [3.05, 3.63) is 95.6 Å². The maximum Gasteiger partial charge on any atom is 0.337 e. The van der Waals surface area contributed by atoms with Gasteiger partial charge in [0.25, 0.3) is 0 Å². The first-order valence-electron chi connectivity index (χ1n) is 10.2. The molecule has 1 fully saturated rings. The second kappa shape index (κ2) is 9.01. The summed E-state index contributed by atoms with van der Waals surface area (Å²) in [7, 11) is 1.38. The summed E-state index contributed by atoms with van der Waals surface area (Å²) in [5.74, 6) is -0.369. The first kappa shape index (κ1) is 20.0. The number of hydrogen-bond donors (Lipinski definition) is 1. The number of esters is 1. The summed E-state index contributed by atoms with van der Waals surface area (Å²) >= 11 is 0. The van der Waals surface area contributed by atoms with Gasteiger partial charge >= 0.3 is 5.97 Å². The van der Waals surface area contributed by atoms with E-state index in [-0.39, 0.29) is 12.0 Å². The summed E-state index contributed by atoms with van der Waals surface area (Å²) in [6.07, 6.45) is 0. The molecule has 0 amide bonds. The highest BCUT2D eigenvalue weighted by Crippen LogP contribution is 2.31. The Morgan fingerprint density at radius 1 is 0.867 bits per heavy atom. The fourth-order valence-corrected chi connectivity index (χ4v) is 4.19. The lowest BCUT2D eigenvalue weighted by Crippen LogP contribution is -2.48. The number of benzene rings is 3. The van der Waals surface area contributed by atoms with E-state index >= 15 is 0 Å². The van der Waals surface area contributed by atoms with Gasteiger partial charge in [-0.1, -0.05) is 60.7 Å². The molecule has 0 unspecified atom stereocenters. The fraction of sp³-hybridized carbons (Fsp3) is 0.240. The lowest BCUT2D eigenvalue weighted by molar-refractivity contribution is 0.0601. The third-order valence-electron chi connectivity index (χ3n) is 5.70. The van der Waals surface area contributed by atoms with E-state index in [1.807, 2.05) is 6.07 Å². The van der Waals surface area contributed by atoms with E-state index in [9.17, 15) is 4.79 Å². The summed E-state index contributed by atoms with van der Waals surface area (Å²) in [4.78, 5) is 16.6. The van der Waals surface area contributed by atoms with Gasteiger partial charge < -0.3 is 15.4 Å². The van der Waals surface area contributed by atoms with E-state index in [2.05, 4.69) is 70.5 Å². The van der Waals surface area contributed by atoms with Crippen LogP contribution in [0.2, 0.25) is 0 Å². The van der Waals surface area contributed by atoms with Crippen molar-refractivity contribution in [2.24, 2.45) is 0 Å².